The van der Waals surface area contributed by atoms with Gasteiger partial charge < -0.3 is 19.9 Å². The predicted octanol–water partition coefficient (Wildman–Crippen LogP) is 1.07. The van der Waals surface area contributed by atoms with Gasteiger partial charge in [-0.05, 0) is 26.3 Å². The second-order valence-corrected chi connectivity index (χ2v) is 6.76. The quantitative estimate of drug-likeness (QED) is 0.367. The van der Waals surface area contributed by atoms with Crippen molar-refractivity contribution >= 4 is 5.96 Å². The molecule has 1 aromatic heterocycles. The number of aliphatic imine (C=N–C) groups is 1. The summed E-state index contributed by atoms with van der Waals surface area (Å²) in [6.45, 7) is 11.5. The van der Waals surface area contributed by atoms with Gasteiger partial charge in [0, 0.05) is 33.2 Å². The number of guanidine groups is 1. The second kappa shape index (κ2) is 11.9. The Morgan fingerprint density at radius 1 is 1.12 bits per heavy atom. The number of morpholine rings is 1. The third-order valence-corrected chi connectivity index (χ3v) is 4.68. The average molecular weight is 366 g/mol. The first-order valence-electron chi connectivity index (χ1n) is 9.88. The summed E-state index contributed by atoms with van der Waals surface area (Å²) in [6, 6.07) is 0. The van der Waals surface area contributed by atoms with Crippen molar-refractivity contribution in [1.29, 1.82) is 0 Å². The number of hydrogen-bond acceptors (Lipinski definition) is 5. The molecule has 1 aliphatic rings. The first kappa shape index (κ1) is 20.6. The van der Waals surface area contributed by atoms with E-state index >= 15 is 0 Å². The maximum Gasteiger partial charge on any atom is 0.191 e. The van der Waals surface area contributed by atoms with Gasteiger partial charge in [-0.2, -0.15) is 0 Å². The summed E-state index contributed by atoms with van der Waals surface area (Å²) < 4.78 is 7.38. The summed E-state index contributed by atoms with van der Waals surface area (Å²) >= 11 is 0. The van der Waals surface area contributed by atoms with Gasteiger partial charge in [0.1, 0.15) is 12.4 Å². The van der Waals surface area contributed by atoms with Gasteiger partial charge >= 0.3 is 0 Å². The van der Waals surface area contributed by atoms with Crippen LogP contribution in [0.15, 0.2) is 4.99 Å². The molecule has 2 N–H and O–H groups in total. The Morgan fingerprint density at radius 3 is 2.50 bits per heavy atom. The molecule has 1 aliphatic heterocycles. The summed E-state index contributed by atoms with van der Waals surface area (Å²) in [6.07, 6.45) is 4.71. The Hall–Kier alpha value is -1.67. The highest BCUT2D eigenvalue weighted by molar-refractivity contribution is 5.79. The molecule has 0 aromatic carbocycles. The lowest BCUT2D eigenvalue weighted by atomic mass is 10.2. The molecular weight excluding hydrogens is 330 g/mol. The highest BCUT2D eigenvalue weighted by atomic mass is 16.5. The fourth-order valence-electron chi connectivity index (χ4n) is 2.83. The van der Waals surface area contributed by atoms with Crippen LogP contribution in [-0.4, -0.2) is 71.6 Å². The Kier molecular flexibility index (Phi) is 9.41. The average Bonchev–Trinajstić information content (AvgIpc) is 2.98. The number of unbranched alkanes of at least 4 members (excludes halogenated alkanes) is 2. The lowest BCUT2D eigenvalue weighted by molar-refractivity contribution is 0.0376. The highest BCUT2D eigenvalue weighted by Gasteiger charge is 2.09. The lowest BCUT2D eigenvalue weighted by Gasteiger charge is -2.26. The molecule has 0 amide bonds. The van der Waals surface area contributed by atoms with E-state index < -0.39 is 0 Å². The number of aryl methyl sites for hydroxylation is 1. The van der Waals surface area contributed by atoms with E-state index in [1.165, 1.54) is 12.8 Å². The Bertz CT molecular complexity index is 538. The number of hydrogen-bond donors (Lipinski definition) is 2. The first-order chi connectivity index (χ1) is 12.7. The van der Waals surface area contributed by atoms with Crippen LogP contribution in [-0.2, 0) is 18.3 Å². The molecule has 2 heterocycles. The Morgan fingerprint density at radius 2 is 1.85 bits per heavy atom. The third-order valence-electron chi connectivity index (χ3n) is 4.68. The van der Waals surface area contributed by atoms with Crippen molar-refractivity contribution in [2.75, 3.05) is 45.9 Å². The summed E-state index contributed by atoms with van der Waals surface area (Å²) in [4.78, 5) is 7.14. The zero-order valence-corrected chi connectivity index (χ0v) is 16.6. The molecule has 0 aliphatic carbocycles. The molecule has 0 spiro atoms. The molecule has 1 saturated heterocycles. The Labute approximate surface area is 157 Å². The number of aromatic nitrogens is 3. The van der Waals surface area contributed by atoms with Crippen LogP contribution in [0.5, 0.6) is 0 Å². The van der Waals surface area contributed by atoms with Gasteiger partial charge in [-0.1, -0.05) is 19.8 Å². The second-order valence-electron chi connectivity index (χ2n) is 6.76. The molecule has 2 rings (SSSR count). The van der Waals surface area contributed by atoms with E-state index in [0.717, 1.165) is 76.4 Å². The van der Waals surface area contributed by atoms with E-state index in [1.54, 1.807) is 0 Å². The number of nitrogens with zero attached hydrogens (tertiary/aromatic N) is 5. The Balaban J connectivity index is 1.77. The SMILES string of the molecule is CCCCCNC(=NCc1nnc(C)n1C)NCCCN1CCOCC1. The molecule has 1 fully saturated rings. The van der Waals surface area contributed by atoms with Crippen molar-refractivity contribution in [3.05, 3.63) is 11.6 Å². The van der Waals surface area contributed by atoms with Crippen LogP contribution in [0, 0.1) is 6.92 Å². The molecule has 1 aromatic rings. The van der Waals surface area contributed by atoms with E-state index in [0.29, 0.717) is 6.54 Å². The first-order valence-corrected chi connectivity index (χ1v) is 9.88. The van der Waals surface area contributed by atoms with Crippen molar-refractivity contribution in [1.82, 2.24) is 30.3 Å². The number of ether oxygens (including phenoxy) is 1. The fraction of sp³-hybridized carbons (Fsp3) is 0.833. The van der Waals surface area contributed by atoms with Gasteiger partial charge in [-0.25, -0.2) is 4.99 Å². The minimum Gasteiger partial charge on any atom is -0.379 e. The summed E-state index contributed by atoms with van der Waals surface area (Å²) in [5.74, 6) is 2.65. The van der Waals surface area contributed by atoms with Crippen LogP contribution in [0.2, 0.25) is 0 Å². The topological polar surface area (TPSA) is 79.6 Å². The lowest BCUT2D eigenvalue weighted by Crippen LogP contribution is -2.41. The van der Waals surface area contributed by atoms with Crippen molar-refractivity contribution in [3.8, 4) is 0 Å². The molecule has 0 bridgehead atoms. The van der Waals surface area contributed by atoms with E-state index in [-0.39, 0.29) is 0 Å². The van der Waals surface area contributed by atoms with Gasteiger partial charge in [0.05, 0.1) is 13.2 Å². The molecular formula is C18H35N7O. The van der Waals surface area contributed by atoms with Crippen LogP contribution < -0.4 is 10.6 Å². The zero-order chi connectivity index (χ0) is 18.6. The smallest absolute Gasteiger partial charge is 0.191 e. The van der Waals surface area contributed by atoms with Crippen LogP contribution in [0.3, 0.4) is 0 Å². The minimum atomic E-state index is 0.532. The van der Waals surface area contributed by atoms with Crippen LogP contribution in [0.4, 0.5) is 0 Å². The van der Waals surface area contributed by atoms with Crippen molar-refractivity contribution in [2.24, 2.45) is 12.0 Å². The van der Waals surface area contributed by atoms with E-state index in [1.807, 2.05) is 18.5 Å². The van der Waals surface area contributed by atoms with E-state index in [2.05, 4.69) is 37.6 Å². The molecule has 0 saturated carbocycles. The number of nitrogens with one attached hydrogen (secondary N) is 2. The molecule has 0 radical (unpaired) electrons. The van der Waals surface area contributed by atoms with Crippen molar-refractivity contribution in [3.63, 3.8) is 0 Å². The minimum absolute atomic E-state index is 0.532. The molecule has 148 valence electrons. The van der Waals surface area contributed by atoms with Crippen molar-refractivity contribution in [2.45, 2.75) is 46.1 Å². The van der Waals surface area contributed by atoms with Gasteiger partial charge in [0.25, 0.3) is 0 Å². The fourth-order valence-corrected chi connectivity index (χ4v) is 2.83. The molecule has 0 atom stereocenters. The third kappa shape index (κ3) is 7.29. The van der Waals surface area contributed by atoms with Gasteiger partial charge in [0.2, 0.25) is 0 Å². The molecule has 8 nitrogen and oxygen atoms in total. The maximum atomic E-state index is 5.39. The highest BCUT2D eigenvalue weighted by Crippen LogP contribution is 2.00. The standard InChI is InChI=1S/C18H35N7O/c1-4-5-6-8-19-18(21-15-17-23-22-16(2)24(17)3)20-9-7-10-25-11-13-26-14-12-25/h4-15H2,1-3H3,(H2,19,20,21). The summed E-state index contributed by atoms with van der Waals surface area (Å²) in [5.41, 5.74) is 0. The van der Waals surface area contributed by atoms with Crippen molar-refractivity contribution < 1.29 is 4.74 Å². The van der Waals surface area contributed by atoms with Gasteiger partial charge in [-0.3, -0.25) is 4.90 Å². The zero-order valence-electron chi connectivity index (χ0n) is 16.6. The van der Waals surface area contributed by atoms with Gasteiger partial charge in [0.15, 0.2) is 11.8 Å². The monoisotopic (exact) mass is 365 g/mol. The van der Waals surface area contributed by atoms with E-state index in [9.17, 15) is 0 Å². The summed E-state index contributed by atoms with van der Waals surface area (Å²) in [5, 5.41) is 15.2. The van der Waals surface area contributed by atoms with Crippen LogP contribution in [0.25, 0.3) is 0 Å². The van der Waals surface area contributed by atoms with Gasteiger partial charge in [-0.15, -0.1) is 10.2 Å². The van der Waals surface area contributed by atoms with Crippen LogP contribution >= 0.6 is 0 Å². The van der Waals surface area contributed by atoms with E-state index in [4.69, 9.17) is 4.74 Å². The largest absolute Gasteiger partial charge is 0.379 e. The number of rotatable bonds is 10. The molecule has 26 heavy (non-hydrogen) atoms. The van der Waals surface area contributed by atoms with Crippen LogP contribution in [0.1, 0.15) is 44.3 Å². The normalized spacial score (nSPS) is 16.0. The predicted molar refractivity (Wildman–Crippen MR) is 104 cm³/mol. The molecule has 0 unspecified atom stereocenters. The summed E-state index contributed by atoms with van der Waals surface area (Å²) in [7, 11) is 1.98. The molecule has 8 heteroatoms. The maximum absolute atomic E-state index is 5.39.